The zero-order valence-corrected chi connectivity index (χ0v) is 14.1. The first-order chi connectivity index (χ1) is 8.94. The Balaban J connectivity index is 2.71. The second kappa shape index (κ2) is 8.03. The highest BCUT2D eigenvalue weighted by molar-refractivity contribution is 9.10. The van der Waals surface area contributed by atoms with Crippen molar-refractivity contribution < 1.29 is 4.74 Å². The standard InChI is InChI=1S/C16H26BrNO/c1-16(2,3)18-12-13(8-7-11-19-4)14-9-5-6-10-15(14)17/h5-6,9-10,13,18H,7-8,11-12H2,1-4H3. The normalized spacial score (nSPS) is 13.5. The van der Waals surface area contributed by atoms with Crippen LogP contribution in [0.3, 0.4) is 0 Å². The Morgan fingerprint density at radius 1 is 1.26 bits per heavy atom. The van der Waals surface area contributed by atoms with Crippen LogP contribution in [0.1, 0.15) is 45.1 Å². The number of hydrogen-bond acceptors (Lipinski definition) is 2. The van der Waals surface area contributed by atoms with E-state index in [-0.39, 0.29) is 5.54 Å². The molecule has 0 amide bonds. The molecule has 0 aliphatic heterocycles. The van der Waals surface area contributed by atoms with Crippen LogP contribution in [0.25, 0.3) is 0 Å². The second-order valence-corrected chi connectivity index (χ2v) is 6.84. The lowest BCUT2D eigenvalue weighted by atomic mass is 9.93. The van der Waals surface area contributed by atoms with E-state index in [1.54, 1.807) is 7.11 Å². The van der Waals surface area contributed by atoms with Gasteiger partial charge in [0, 0.05) is 30.3 Å². The van der Waals surface area contributed by atoms with Crippen molar-refractivity contribution in [2.75, 3.05) is 20.3 Å². The van der Waals surface area contributed by atoms with Gasteiger partial charge in [-0.05, 0) is 51.2 Å². The fourth-order valence-electron chi connectivity index (χ4n) is 2.08. The van der Waals surface area contributed by atoms with Crippen molar-refractivity contribution in [3.8, 4) is 0 Å². The van der Waals surface area contributed by atoms with Gasteiger partial charge in [-0.2, -0.15) is 0 Å². The van der Waals surface area contributed by atoms with Crippen molar-refractivity contribution in [3.05, 3.63) is 34.3 Å². The molecule has 0 saturated carbocycles. The summed E-state index contributed by atoms with van der Waals surface area (Å²) < 4.78 is 6.37. The molecule has 0 aromatic heterocycles. The summed E-state index contributed by atoms with van der Waals surface area (Å²) in [5.41, 5.74) is 1.54. The Bertz CT molecular complexity index is 373. The van der Waals surface area contributed by atoms with Gasteiger partial charge in [0.2, 0.25) is 0 Å². The van der Waals surface area contributed by atoms with Crippen LogP contribution in [0.15, 0.2) is 28.7 Å². The highest BCUT2D eigenvalue weighted by Crippen LogP contribution is 2.28. The molecule has 1 aromatic carbocycles. The summed E-state index contributed by atoms with van der Waals surface area (Å²) in [7, 11) is 1.76. The summed E-state index contributed by atoms with van der Waals surface area (Å²) >= 11 is 3.67. The quantitative estimate of drug-likeness (QED) is 0.752. The predicted molar refractivity (Wildman–Crippen MR) is 85.7 cm³/mol. The number of halogens is 1. The van der Waals surface area contributed by atoms with E-state index >= 15 is 0 Å². The van der Waals surface area contributed by atoms with Crippen LogP contribution in [-0.2, 0) is 4.74 Å². The lowest BCUT2D eigenvalue weighted by Gasteiger charge is -2.26. The lowest BCUT2D eigenvalue weighted by Crippen LogP contribution is -2.38. The number of rotatable bonds is 7. The molecule has 0 aliphatic carbocycles. The Hall–Kier alpha value is -0.380. The maximum Gasteiger partial charge on any atom is 0.0462 e. The molecule has 3 heteroatoms. The topological polar surface area (TPSA) is 21.3 Å². The van der Waals surface area contributed by atoms with Crippen molar-refractivity contribution in [2.24, 2.45) is 0 Å². The van der Waals surface area contributed by atoms with Gasteiger partial charge in [0.1, 0.15) is 0 Å². The maximum atomic E-state index is 5.17. The van der Waals surface area contributed by atoms with E-state index in [2.05, 4.69) is 66.3 Å². The van der Waals surface area contributed by atoms with E-state index in [0.29, 0.717) is 5.92 Å². The van der Waals surface area contributed by atoms with Crippen LogP contribution in [0.5, 0.6) is 0 Å². The van der Waals surface area contributed by atoms with Gasteiger partial charge in [-0.1, -0.05) is 34.1 Å². The maximum absolute atomic E-state index is 5.17. The van der Waals surface area contributed by atoms with Crippen molar-refractivity contribution in [3.63, 3.8) is 0 Å². The van der Waals surface area contributed by atoms with Gasteiger partial charge in [-0.25, -0.2) is 0 Å². The smallest absolute Gasteiger partial charge is 0.0462 e. The number of ether oxygens (including phenoxy) is 1. The van der Waals surface area contributed by atoms with Crippen molar-refractivity contribution in [1.82, 2.24) is 5.32 Å². The average Bonchev–Trinajstić information content (AvgIpc) is 2.33. The molecule has 0 aliphatic rings. The third-order valence-corrected chi connectivity index (χ3v) is 3.85. The zero-order chi connectivity index (χ0) is 14.3. The molecule has 0 bridgehead atoms. The minimum atomic E-state index is 0.154. The largest absolute Gasteiger partial charge is 0.385 e. The minimum Gasteiger partial charge on any atom is -0.385 e. The highest BCUT2D eigenvalue weighted by atomic mass is 79.9. The third-order valence-electron chi connectivity index (χ3n) is 3.12. The Labute approximate surface area is 126 Å². The van der Waals surface area contributed by atoms with Gasteiger partial charge in [0.15, 0.2) is 0 Å². The second-order valence-electron chi connectivity index (χ2n) is 5.98. The number of nitrogens with one attached hydrogen (secondary N) is 1. The molecule has 0 spiro atoms. The van der Waals surface area contributed by atoms with Crippen molar-refractivity contribution >= 4 is 15.9 Å². The third kappa shape index (κ3) is 6.55. The molecule has 1 atom stereocenters. The van der Waals surface area contributed by atoms with Crippen LogP contribution < -0.4 is 5.32 Å². The molecule has 0 fully saturated rings. The first-order valence-corrected chi connectivity index (χ1v) is 7.71. The summed E-state index contributed by atoms with van der Waals surface area (Å²) in [6.07, 6.45) is 2.23. The molecule has 1 unspecified atom stereocenters. The summed E-state index contributed by atoms with van der Waals surface area (Å²) in [5, 5.41) is 3.61. The average molecular weight is 328 g/mol. The molecular weight excluding hydrogens is 302 g/mol. The number of hydrogen-bond donors (Lipinski definition) is 1. The van der Waals surface area contributed by atoms with E-state index in [9.17, 15) is 0 Å². The monoisotopic (exact) mass is 327 g/mol. The summed E-state index contributed by atoms with van der Waals surface area (Å²) in [6.45, 7) is 8.45. The predicted octanol–water partition coefficient (Wildman–Crippen LogP) is 4.35. The van der Waals surface area contributed by atoms with Crippen LogP contribution in [0, 0.1) is 0 Å². The Morgan fingerprint density at radius 2 is 1.95 bits per heavy atom. The SMILES string of the molecule is COCCCC(CNC(C)(C)C)c1ccccc1Br. The summed E-state index contributed by atoms with van der Waals surface area (Å²) in [6, 6.07) is 8.51. The molecule has 0 radical (unpaired) electrons. The molecule has 2 nitrogen and oxygen atoms in total. The fourth-order valence-corrected chi connectivity index (χ4v) is 2.69. The molecule has 1 rings (SSSR count). The van der Waals surface area contributed by atoms with Gasteiger partial charge in [-0.3, -0.25) is 0 Å². The van der Waals surface area contributed by atoms with E-state index in [1.165, 1.54) is 10.0 Å². The van der Waals surface area contributed by atoms with Gasteiger partial charge in [0.05, 0.1) is 0 Å². The van der Waals surface area contributed by atoms with Crippen LogP contribution in [0.4, 0.5) is 0 Å². The van der Waals surface area contributed by atoms with E-state index < -0.39 is 0 Å². The lowest BCUT2D eigenvalue weighted by molar-refractivity contribution is 0.189. The molecule has 1 N–H and O–H groups in total. The molecule has 108 valence electrons. The Kier molecular flexibility index (Phi) is 7.05. The van der Waals surface area contributed by atoms with Crippen LogP contribution in [-0.4, -0.2) is 25.8 Å². The van der Waals surface area contributed by atoms with Gasteiger partial charge < -0.3 is 10.1 Å². The van der Waals surface area contributed by atoms with Gasteiger partial charge >= 0.3 is 0 Å². The van der Waals surface area contributed by atoms with E-state index in [0.717, 1.165) is 26.0 Å². The molecule has 0 saturated heterocycles. The number of benzene rings is 1. The van der Waals surface area contributed by atoms with Crippen LogP contribution >= 0.6 is 15.9 Å². The molecule has 19 heavy (non-hydrogen) atoms. The first-order valence-electron chi connectivity index (χ1n) is 6.92. The van der Waals surface area contributed by atoms with Crippen LogP contribution in [0.2, 0.25) is 0 Å². The summed E-state index contributed by atoms with van der Waals surface area (Å²) in [4.78, 5) is 0. The van der Waals surface area contributed by atoms with Crippen molar-refractivity contribution in [2.45, 2.75) is 45.1 Å². The van der Waals surface area contributed by atoms with E-state index in [1.807, 2.05) is 0 Å². The number of methoxy groups -OCH3 is 1. The summed E-state index contributed by atoms with van der Waals surface area (Å²) in [5.74, 6) is 0.518. The van der Waals surface area contributed by atoms with Gasteiger partial charge in [0.25, 0.3) is 0 Å². The minimum absolute atomic E-state index is 0.154. The molecule has 0 heterocycles. The zero-order valence-electron chi connectivity index (χ0n) is 12.5. The Morgan fingerprint density at radius 3 is 2.53 bits per heavy atom. The molecule has 1 aromatic rings. The first kappa shape index (κ1) is 16.7. The molecular formula is C16H26BrNO. The highest BCUT2D eigenvalue weighted by Gasteiger charge is 2.17. The van der Waals surface area contributed by atoms with Gasteiger partial charge in [-0.15, -0.1) is 0 Å². The van der Waals surface area contributed by atoms with E-state index in [4.69, 9.17) is 4.74 Å². The van der Waals surface area contributed by atoms with Crippen molar-refractivity contribution in [1.29, 1.82) is 0 Å². The fraction of sp³-hybridized carbons (Fsp3) is 0.625.